The minimum Gasteiger partial charge on any atom is -0.465 e. The van der Waals surface area contributed by atoms with Crippen LogP contribution < -0.4 is 0 Å². The van der Waals surface area contributed by atoms with Crippen molar-refractivity contribution in [1.29, 1.82) is 5.26 Å². The average Bonchev–Trinajstić information content (AvgIpc) is 2.59. The van der Waals surface area contributed by atoms with E-state index in [1.165, 1.54) is 11.8 Å². The van der Waals surface area contributed by atoms with Crippen molar-refractivity contribution in [1.82, 2.24) is 0 Å². The van der Waals surface area contributed by atoms with Crippen molar-refractivity contribution in [3.8, 4) is 6.07 Å². The summed E-state index contributed by atoms with van der Waals surface area (Å²) in [5, 5.41) is 20.2. The molecule has 0 spiro atoms. The Morgan fingerprint density at radius 2 is 2.00 bits per heavy atom. The van der Waals surface area contributed by atoms with Gasteiger partial charge in [0.25, 0.3) is 0 Å². The number of esters is 1. The Morgan fingerprint density at radius 1 is 1.29 bits per heavy atom. The third-order valence-electron chi connectivity index (χ3n) is 4.86. The number of carbonyl (C=O) groups excluding carboxylic acids is 1. The maximum atomic E-state index is 12.0. The molecule has 2 rings (SSSR count). The zero-order valence-electron chi connectivity index (χ0n) is 13.6. The summed E-state index contributed by atoms with van der Waals surface area (Å²) in [6.07, 6.45) is 4.96. The fraction of sp³-hybridized carbons (Fsp3) is 0.875. The summed E-state index contributed by atoms with van der Waals surface area (Å²) >= 11 is 7.51. The van der Waals surface area contributed by atoms with Crippen molar-refractivity contribution >= 4 is 29.3 Å². The highest BCUT2D eigenvalue weighted by Gasteiger charge is 2.38. The molecule has 2 aliphatic carbocycles. The first-order chi connectivity index (χ1) is 11.5. The zero-order valence-corrected chi connectivity index (χ0v) is 15.1. The number of rotatable bonds is 6. The Hall–Kier alpha value is -1.00. The lowest BCUT2D eigenvalue weighted by Crippen LogP contribution is -2.38. The molecule has 0 aliphatic heterocycles. The van der Waals surface area contributed by atoms with E-state index in [1.807, 2.05) is 0 Å². The number of carbonyl (C=O) groups is 1. The van der Waals surface area contributed by atoms with Crippen LogP contribution in [0.3, 0.4) is 0 Å². The lowest BCUT2D eigenvalue weighted by molar-refractivity contribution is -0.525. The van der Waals surface area contributed by atoms with Gasteiger partial charge in [-0.25, -0.2) is 0 Å². The summed E-state index contributed by atoms with van der Waals surface area (Å²) < 4.78 is 5.32. The highest BCUT2D eigenvalue weighted by atomic mass is 35.5. The predicted octanol–water partition coefficient (Wildman–Crippen LogP) is 3.40. The molecule has 0 radical (unpaired) electrons. The van der Waals surface area contributed by atoms with Crippen LogP contribution in [-0.2, 0) is 9.53 Å². The van der Waals surface area contributed by atoms with E-state index in [1.54, 1.807) is 0 Å². The van der Waals surface area contributed by atoms with Gasteiger partial charge in [0.2, 0.25) is 6.04 Å². The van der Waals surface area contributed by atoms with E-state index in [2.05, 4.69) is 6.07 Å². The Morgan fingerprint density at radius 3 is 2.62 bits per heavy atom. The van der Waals surface area contributed by atoms with Gasteiger partial charge in [-0.05, 0) is 38.5 Å². The van der Waals surface area contributed by atoms with Crippen LogP contribution in [0.5, 0.6) is 0 Å². The molecule has 2 saturated carbocycles. The van der Waals surface area contributed by atoms with E-state index in [0.29, 0.717) is 25.0 Å². The van der Waals surface area contributed by atoms with Crippen LogP contribution in [0.1, 0.15) is 44.9 Å². The lowest BCUT2D eigenvalue weighted by atomic mass is 9.86. The molecule has 0 bridgehead atoms. The van der Waals surface area contributed by atoms with Crippen LogP contribution in [0.4, 0.5) is 0 Å². The molecular weight excluding hydrogens is 352 g/mol. The first kappa shape index (κ1) is 19.3. The van der Waals surface area contributed by atoms with E-state index < -0.39 is 6.04 Å². The molecule has 0 amide bonds. The Kier molecular flexibility index (Phi) is 7.63. The first-order valence-corrected chi connectivity index (χ1v) is 9.95. The average molecular weight is 375 g/mol. The van der Waals surface area contributed by atoms with Crippen LogP contribution in [0.2, 0.25) is 0 Å². The minimum atomic E-state index is -0.678. The molecule has 2 aliphatic rings. The second-order valence-electron chi connectivity index (χ2n) is 6.52. The highest BCUT2D eigenvalue weighted by Crippen LogP contribution is 2.33. The van der Waals surface area contributed by atoms with Gasteiger partial charge in [0.05, 0.1) is 23.2 Å². The van der Waals surface area contributed by atoms with Gasteiger partial charge >= 0.3 is 5.97 Å². The van der Waals surface area contributed by atoms with E-state index >= 15 is 0 Å². The largest absolute Gasteiger partial charge is 0.465 e. The SMILES string of the molecule is N#CC1CCC(SCCOC(=O)C2CCC(Cl)CC2)C([N+](=O)[O-])C1. The van der Waals surface area contributed by atoms with Crippen LogP contribution in [0.25, 0.3) is 0 Å². The van der Waals surface area contributed by atoms with Crippen LogP contribution in [-0.4, -0.2) is 39.9 Å². The predicted molar refractivity (Wildman–Crippen MR) is 92.5 cm³/mol. The van der Waals surface area contributed by atoms with Gasteiger partial charge in [-0.3, -0.25) is 14.9 Å². The Balaban J connectivity index is 1.68. The monoisotopic (exact) mass is 374 g/mol. The summed E-state index contributed by atoms with van der Waals surface area (Å²) in [5.74, 6) is 0.121. The molecule has 8 heteroatoms. The van der Waals surface area contributed by atoms with E-state index in [9.17, 15) is 14.9 Å². The molecule has 0 aromatic rings. The molecule has 6 nitrogen and oxygen atoms in total. The number of ether oxygens (including phenoxy) is 1. The topological polar surface area (TPSA) is 93.2 Å². The lowest BCUT2D eigenvalue weighted by Gasteiger charge is -2.27. The summed E-state index contributed by atoms with van der Waals surface area (Å²) in [4.78, 5) is 22.9. The zero-order chi connectivity index (χ0) is 17.5. The number of nitriles is 1. The molecule has 3 unspecified atom stereocenters. The molecule has 24 heavy (non-hydrogen) atoms. The van der Waals surface area contributed by atoms with Gasteiger partial charge in [-0.1, -0.05) is 0 Å². The van der Waals surface area contributed by atoms with Gasteiger partial charge < -0.3 is 4.74 Å². The molecule has 134 valence electrons. The standard InChI is InChI=1S/C16H23ClN2O4S/c17-13-4-2-12(3-5-13)16(20)23-7-8-24-15-6-1-11(10-18)9-14(15)19(21)22/h11-15H,1-9H2. The van der Waals surface area contributed by atoms with Crippen LogP contribution in [0.15, 0.2) is 0 Å². The number of halogens is 1. The molecule has 0 aromatic carbocycles. The molecule has 0 saturated heterocycles. The summed E-state index contributed by atoms with van der Waals surface area (Å²) in [7, 11) is 0. The summed E-state index contributed by atoms with van der Waals surface area (Å²) in [6.45, 7) is 0.285. The maximum Gasteiger partial charge on any atom is 0.308 e. The normalized spacial score (nSPS) is 33.4. The number of thioether (sulfide) groups is 1. The maximum absolute atomic E-state index is 12.0. The highest BCUT2D eigenvalue weighted by molar-refractivity contribution is 7.99. The molecular formula is C16H23ClN2O4S. The van der Waals surface area contributed by atoms with Gasteiger partial charge in [0.15, 0.2) is 0 Å². The quantitative estimate of drug-likeness (QED) is 0.232. The second kappa shape index (κ2) is 9.47. The van der Waals surface area contributed by atoms with Crippen LogP contribution >= 0.6 is 23.4 Å². The van der Waals surface area contributed by atoms with Crippen molar-refractivity contribution in [2.24, 2.45) is 11.8 Å². The van der Waals surface area contributed by atoms with Gasteiger partial charge in [0, 0.05) is 22.5 Å². The fourth-order valence-corrected chi connectivity index (χ4v) is 4.87. The van der Waals surface area contributed by atoms with Crippen molar-refractivity contribution in [2.45, 2.75) is 61.6 Å². The first-order valence-electron chi connectivity index (χ1n) is 8.46. The number of hydrogen-bond acceptors (Lipinski definition) is 6. The van der Waals surface area contributed by atoms with E-state index in [-0.39, 0.29) is 40.0 Å². The molecule has 3 atom stereocenters. The number of hydrogen-bond donors (Lipinski definition) is 0. The van der Waals surface area contributed by atoms with E-state index in [4.69, 9.17) is 21.6 Å². The minimum absolute atomic E-state index is 0.0532. The summed E-state index contributed by atoms with van der Waals surface area (Å²) in [5.41, 5.74) is 0. The second-order valence-corrected chi connectivity index (χ2v) is 8.48. The number of alkyl halides is 1. The fourth-order valence-electron chi connectivity index (χ4n) is 3.40. The van der Waals surface area contributed by atoms with E-state index in [0.717, 1.165) is 25.7 Å². The third-order valence-corrected chi connectivity index (χ3v) is 6.67. The summed E-state index contributed by atoms with van der Waals surface area (Å²) in [6, 6.07) is 1.46. The number of nitrogens with zero attached hydrogens (tertiary/aromatic N) is 2. The van der Waals surface area contributed by atoms with Crippen molar-refractivity contribution in [2.75, 3.05) is 12.4 Å². The molecule has 0 aromatic heterocycles. The van der Waals surface area contributed by atoms with Gasteiger partial charge in [0.1, 0.15) is 6.61 Å². The molecule has 2 fully saturated rings. The number of nitro groups is 1. The smallest absolute Gasteiger partial charge is 0.308 e. The Bertz CT molecular complexity index is 491. The van der Waals surface area contributed by atoms with Crippen molar-refractivity contribution < 1.29 is 14.5 Å². The molecule has 0 N–H and O–H groups in total. The van der Waals surface area contributed by atoms with Crippen LogP contribution in [0, 0.1) is 33.3 Å². The van der Waals surface area contributed by atoms with Crippen molar-refractivity contribution in [3.05, 3.63) is 10.1 Å². The van der Waals surface area contributed by atoms with Crippen molar-refractivity contribution in [3.63, 3.8) is 0 Å². The van der Waals surface area contributed by atoms with Gasteiger partial charge in [-0.2, -0.15) is 5.26 Å². The molecule has 0 heterocycles. The Labute approximate surface area is 151 Å². The van der Waals surface area contributed by atoms with Gasteiger partial charge in [-0.15, -0.1) is 23.4 Å². The third kappa shape index (κ3) is 5.52.